The van der Waals surface area contributed by atoms with E-state index in [-0.39, 0.29) is 30.5 Å². The highest BCUT2D eigenvalue weighted by molar-refractivity contribution is 5.83. The van der Waals surface area contributed by atoms with Gasteiger partial charge in [0.25, 0.3) is 0 Å². The largest absolute Gasteiger partial charge is 0.496 e. The van der Waals surface area contributed by atoms with Crippen LogP contribution in [0, 0.1) is 29.1 Å². The number of aliphatic hydroxyl groups excluding tert-OH is 3. The number of aliphatic hydroxyl groups is 4. The molecule has 0 unspecified atom stereocenters. The fourth-order valence-corrected chi connectivity index (χ4v) is 8.03. The van der Waals surface area contributed by atoms with Crippen molar-refractivity contribution in [2.45, 2.75) is 77.7 Å². The van der Waals surface area contributed by atoms with Crippen LogP contribution in [0.5, 0.6) is 5.75 Å². The molecular weight excluding hydrogens is 562 g/mol. The van der Waals surface area contributed by atoms with Gasteiger partial charge in [-0.3, -0.25) is 9.63 Å². The third-order valence-corrected chi connectivity index (χ3v) is 10.8. The van der Waals surface area contributed by atoms with Crippen LogP contribution < -0.4 is 15.0 Å². The molecule has 1 heterocycles. The Hall–Kier alpha value is -2.73. The topological polar surface area (TPSA) is 135 Å². The highest BCUT2D eigenvalue weighted by Crippen LogP contribution is 2.61. The third-order valence-electron chi connectivity index (χ3n) is 10.8. The number of carbonyl (C=O) groups excluding carboxylic acids is 1. The zero-order valence-corrected chi connectivity index (χ0v) is 26.9. The van der Waals surface area contributed by atoms with Gasteiger partial charge in [0.1, 0.15) is 17.9 Å². The van der Waals surface area contributed by atoms with E-state index in [2.05, 4.69) is 26.1 Å². The molecule has 8 atom stereocenters. The van der Waals surface area contributed by atoms with E-state index in [0.29, 0.717) is 29.1 Å². The van der Waals surface area contributed by atoms with Gasteiger partial charge in [-0.1, -0.05) is 39.0 Å². The number of nitrogens with one attached hydrogen (secondary N) is 1. The summed E-state index contributed by atoms with van der Waals surface area (Å²) in [6, 6.07) is 10.3. The molecule has 4 aliphatic rings. The summed E-state index contributed by atoms with van der Waals surface area (Å²) in [5, 5.41) is 45.8. The number of ether oxygens (including phenoxy) is 1. The van der Waals surface area contributed by atoms with Crippen LogP contribution in [0.3, 0.4) is 0 Å². The standard InChI is InChI=1S/C34H49N3O7/c1-18-26-14-23(34(26,3)4)15-27(18)35-32(40)30-29(19(2)39)28(17-38)44-37(30)16-20-9-8-10-25(31(20)43-7)21-11-22(33(41)42)13-24(12-21)36(5)6/h8-13,18-19,23,26-30,33,38-39,41-42H,14-17H2,1-7H3,(H,35,40)/t18-,19-,23-,26-,27-,28-,29+,30-/m0/s1. The van der Waals surface area contributed by atoms with Crippen molar-refractivity contribution in [3.05, 3.63) is 47.5 Å². The number of anilines is 1. The monoisotopic (exact) mass is 611 g/mol. The molecule has 4 fully saturated rings. The van der Waals surface area contributed by atoms with Crippen LogP contribution >= 0.6 is 0 Å². The van der Waals surface area contributed by atoms with Crippen molar-refractivity contribution in [3.8, 4) is 16.9 Å². The minimum absolute atomic E-state index is 0.0434. The highest BCUT2D eigenvalue weighted by Gasteiger charge is 2.57. The molecule has 2 aromatic carbocycles. The van der Waals surface area contributed by atoms with Gasteiger partial charge in [0.05, 0.1) is 26.4 Å². The predicted octanol–water partition coefficient (Wildman–Crippen LogP) is 3.07. The van der Waals surface area contributed by atoms with Crippen molar-refractivity contribution in [1.82, 2.24) is 10.4 Å². The first-order chi connectivity index (χ1) is 20.8. The third kappa shape index (κ3) is 5.84. The lowest BCUT2D eigenvalue weighted by Crippen LogP contribution is -2.62. The summed E-state index contributed by atoms with van der Waals surface area (Å²) >= 11 is 0. The number of carbonyl (C=O) groups is 1. The normalized spacial score (nSPS) is 30.1. The van der Waals surface area contributed by atoms with Gasteiger partial charge in [-0.05, 0) is 66.7 Å². The molecule has 3 aliphatic carbocycles. The molecule has 1 aliphatic heterocycles. The molecule has 2 aromatic rings. The Kier molecular flexibility index (Phi) is 9.33. The van der Waals surface area contributed by atoms with Gasteiger partial charge < -0.3 is 35.4 Å². The summed E-state index contributed by atoms with van der Waals surface area (Å²) < 4.78 is 5.92. The average molecular weight is 612 g/mol. The van der Waals surface area contributed by atoms with Gasteiger partial charge in [0.2, 0.25) is 5.91 Å². The number of methoxy groups -OCH3 is 1. The Balaban J connectivity index is 1.46. The van der Waals surface area contributed by atoms with Crippen molar-refractivity contribution in [1.29, 1.82) is 0 Å². The van der Waals surface area contributed by atoms with E-state index in [1.807, 2.05) is 43.3 Å². The predicted molar refractivity (Wildman–Crippen MR) is 167 cm³/mol. The zero-order valence-electron chi connectivity index (χ0n) is 26.9. The lowest BCUT2D eigenvalue weighted by molar-refractivity contribution is -0.183. The van der Waals surface area contributed by atoms with Crippen molar-refractivity contribution in [3.63, 3.8) is 0 Å². The van der Waals surface area contributed by atoms with Gasteiger partial charge in [-0.15, -0.1) is 0 Å². The Morgan fingerprint density at radius 2 is 1.91 bits per heavy atom. The van der Waals surface area contributed by atoms with Crippen molar-refractivity contribution in [2.75, 3.05) is 32.7 Å². The van der Waals surface area contributed by atoms with Gasteiger partial charge >= 0.3 is 0 Å². The molecule has 6 rings (SSSR count). The fraction of sp³-hybridized carbons (Fsp3) is 0.618. The maximum absolute atomic E-state index is 14.1. The highest BCUT2D eigenvalue weighted by atomic mass is 16.7. The van der Waals surface area contributed by atoms with Crippen LogP contribution in [0.4, 0.5) is 5.69 Å². The van der Waals surface area contributed by atoms with E-state index in [4.69, 9.17) is 9.57 Å². The number of rotatable bonds is 10. The summed E-state index contributed by atoms with van der Waals surface area (Å²) in [4.78, 5) is 22.1. The first-order valence-electron chi connectivity index (χ1n) is 15.7. The number of nitrogens with zero attached hydrogens (tertiary/aromatic N) is 2. The Bertz CT molecular complexity index is 1320. The molecule has 0 radical (unpaired) electrons. The summed E-state index contributed by atoms with van der Waals surface area (Å²) in [7, 11) is 5.33. The molecule has 44 heavy (non-hydrogen) atoms. The number of amides is 1. The number of benzene rings is 2. The summed E-state index contributed by atoms with van der Waals surface area (Å²) in [6.07, 6.45) is -1.15. The fourth-order valence-electron chi connectivity index (χ4n) is 8.03. The number of hydrogen-bond donors (Lipinski definition) is 5. The van der Waals surface area contributed by atoms with E-state index in [1.165, 1.54) is 6.42 Å². The first-order valence-corrected chi connectivity index (χ1v) is 15.7. The number of para-hydroxylation sites is 1. The molecular formula is C34H49N3O7. The summed E-state index contributed by atoms with van der Waals surface area (Å²) in [5.41, 5.74) is 3.64. The Morgan fingerprint density at radius 1 is 1.18 bits per heavy atom. The summed E-state index contributed by atoms with van der Waals surface area (Å²) in [6.45, 7) is 8.33. The molecule has 10 heteroatoms. The van der Waals surface area contributed by atoms with Crippen LogP contribution in [0.15, 0.2) is 36.4 Å². The number of hydrogen-bond acceptors (Lipinski definition) is 9. The summed E-state index contributed by atoms with van der Waals surface area (Å²) in [5.74, 6) is 1.18. The van der Waals surface area contributed by atoms with Crippen molar-refractivity contribution < 1.29 is 34.8 Å². The molecule has 0 aromatic heterocycles. The molecule has 2 bridgehead atoms. The zero-order chi connectivity index (χ0) is 32.1. The minimum atomic E-state index is -1.64. The van der Waals surface area contributed by atoms with Crippen molar-refractivity contribution >= 4 is 11.6 Å². The van der Waals surface area contributed by atoms with E-state index < -0.39 is 30.5 Å². The molecule has 0 spiro atoms. The molecule has 242 valence electrons. The maximum Gasteiger partial charge on any atom is 0.240 e. The second-order valence-corrected chi connectivity index (χ2v) is 13.8. The maximum atomic E-state index is 14.1. The second kappa shape index (κ2) is 12.6. The quantitative estimate of drug-likeness (QED) is 0.257. The average Bonchev–Trinajstić information content (AvgIpc) is 3.36. The van der Waals surface area contributed by atoms with Gasteiger partial charge in [-0.2, -0.15) is 5.06 Å². The van der Waals surface area contributed by atoms with E-state index in [1.54, 1.807) is 31.2 Å². The minimum Gasteiger partial charge on any atom is -0.496 e. The van der Waals surface area contributed by atoms with Crippen LogP contribution in [-0.4, -0.2) is 83.5 Å². The van der Waals surface area contributed by atoms with Gasteiger partial charge in [-0.25, -0.2) is 0 Å². The molecule has 10 nitrogen and oxygen atoms in total. The SMILES string of the molecule is COc1c(CN2O[C@@H](CO)[C@@H]([C@H](C)O)[C@H]2C(=O)N[C@H]2C[C@@H]3C[C@@H]([C@@H]2C)C3(C)C)cccc1-c1cc(C(O)O)cc(N(C)C)c1. The molecule has 3 saturated carbocycles. The number of hydroxylamine groups is 2. The van der Waals surface area contributed by atoms with Crippen LogP contribution in [0.25, 0.3) is 11.1 Å². The van der Waals surface area contributed by atoms with Gasteiger partial charge in [0.15, 0.2) is 6.29 Å². The van der Waals surface area contributed by atoms with Gasteiger partial charge in [0, 0.05) is 48.4 Å². The molecule has 1 saturated heterocycles. The Morgan fingerprint density at radius 3 is 2.48 bits per heavy atom. The lowest BCUT2D eigenvalue weighted by atomic mass is 9.45. The second-order valence-electron chi connectivity index (χ2n) is 13.8. The molecule has 5 N–H and O–H groups in total. The van der Waals surface area contributed by atoms with E-state index in [0.717, 1.165) is 28.8 Å². The van der Waals surface area contributed by atoms with E-state index in [9.17, 15) is 25.2 Å². The van der Waals surface area contributed by atoms with E-state index >= 15 is 0 Å². The van der Waals surface area contributed by atoms with Crippen molar-refractivity contribution in [2.24, 2.45) is 29.1 Å². The van der Waals surface area contributed by atoms with Crippen LogP contribution in [0.2, 0.25) is 0 Å². The van der Waals surface area contributed by atoms with Crippen LogP contribution in [0.1, 0.15) is 58.0 Å². The smallest absolute Gasteiger partial charge is 0.240 e. The molecule has 1 amide bonds. The Labute approximate surface area is 260 Å². The first kappa shape index (κ1) is 32.7. The lowest BCUT2D eigenvalue weighted by Gasteiger charge is -2.62. The number of fused-ring (bicyclic) bond motifs is 2. The van der Waals surface area contributed by atoms with Crippen LogP contribution in [-0.2, 0) is 16.2 Å².